The molecule has 4 nitrogen and oxygen atoms in total. The maximum absolute atomic E-state index is 12.1. The zero-order chi connectivity index (χ0) is 13.3. The fourth-order valence-corrected chi connectivity index (χ4v) is 2.00. The second kappa shape index (κ2) is 4.64. The van der Waals surface area contributed by atoms with E-state index in [-0.39, 0.29) is 18.0 Å². The van der Waals surface area contributed by atoms with Crippen molar-refractivity contribution in [2.24, 2.45) is 7.05 Å². The number of nitrogens with zero attached hydrogens (tertiary/aromatic N) is 2. The molecule has 2 aromatic rings. The molecule has 0 saturated carbocycles. The van der Waals surface area contributed by atoms with Crippen LogP contribution in [0.25, 0.3) is 0 Å². The van der Waals surface area contributed by atoms with Crippen LogP contribution in [0.2, 0.25) is 0 Å². The molecule has 1 heterocycles. The van der Waals surface area contributed by atoms with Crippen molar-refractivity contribution < 1.29 is 4.79 Å². The van der Waals surface area contributed by atoms with Crippen molar-refractivity contribution in [3.05, 3.63) is 57.8 Å². The Morgan fingerprint density at radius 1 is 1.22 bits per heavy atom. The maximum Gasteiger partial charge on any atom is 0.328 e. The Bertz CT molecular complexity index is 650. The molecule has 2 rings (SSSR count). The van der Waals surface area contributed by atoms with Gasteiger partial charge < -0.3 is 4.57 Å². The van der Waals surface area contributed by atoms with Crippen molar-refractivity contribution in [2.45, 2.75) is 20.4 Å². The fourth-order valence-electron chi connectivity index (χ4n) is 2.00. The number of rotatable bonds is 3. The molecule has 94 valence electrons. The van der Waals surface area contributed by atoms with Gasteiger partial charge in [-0.3, -0.25) is 9.36 Å². The van der Waals surface area contributed by atoms with E-state index in [9.17, 15) is 9.59 Å². The minimum Gasteiger partial charge on any atom is -0.302 e. The highest BCUT2D eigenvalue weighted by molar-refractivity contribution is 5.97. The van der Waals surface area contributed by atoms with Crippen LogP contribution in [0.5, 0.6) is 0 Å². The van der Waals surface area contributed by atoms with E-state index in [0.717, 1.165) is 11.1 Å². The van der Waals surface area contributed by atoms with E-state index in [1.54, 1.807) is 19.4 Å². The van der Waals surface area contributed by atoms with Crippen LogP contribution in [0.15, 0.2) is 35.4 Å². The lowest BCUT2D eigenvalue weighted by atomic mass is 10.0. The third kappa shape index (κ3) is 2.27. The Balaban J connectivity index is 2.27. The lowest BCUT2D eigenvalue weighted by molar-refractivity contribution is 0.0970. The molecule has 0 amide bonds. The van der Waals surface area contributed by atoms with Gasteiger partial charge in [-0.15, -0.1) is 0 Å². The summed E-state index contributed by atoms with van der Waals surface area (Å²) in [7, 11) is 1.67. The molecular weight excluding hydrogens is 228 g/mol. The predicted octanol–water partition coefficient (Wildman–Crippen LogP) is 1.69. The summed E-state index contributed by atoms with van der Waals surface area (Å²) in [5, 5.41) is 0. The summed E-state index contributed by atoms with van der Waals surface area (Å²) in [6, 6.07) is 5.70. The molecule has 1 aromatic heterocycles. The summed E-state index contributed by atoms with van der Waals surface area (Å²) in [6.45, 7) is 3.99. The van der Waals surface area contributed by atoms with Crippen LogP contribution in [-0.4, -0.2) is 14.9 Å². The van der Waals surface area contributed by atoms with E-state index < -0.39 is 0 Å². The monoisotopic (exact) mass is 244 g/mol. The highest BCUT2D eigenvalue weighted by Crippen LogP contribution is 2.11. The standard InChI is InChI=1S/C14H16N2O2/c1-10-4-5-12(11(2)8-10)13(17)9-16-7-6-15(3)14(16)18/h4-8H,9H2,1-3H3. The fraction of sp³-hybridized carbons (Fsp3) is 0.286. The molecular formula is C14H16N2O2. The van der Waals surface area contributed by atoms with Crippen LogP contribution < -0.4 is 5.69 Å². The molecule has 18 heavy (non-hydrogen) atoms. The zero-order valence-corrected chi connectivity index (χ0v) is 10.8. The number of Topliss-reactive ketones (excluding diaryl/α,β-unsaturated/α-hetero) is 1. The molecule has 0 aliphatic heterocycles. The molecule has 0 N–H and O–H groups in total. The number of hydrogen-bond donors (Lipinski definition) is 0. The molecule has 0 fully saturated rings. The van der Waals surface area contributed by atoms with Crippen molar-refractivity contribution in [3.8, 4) is 0 Å². The first-order chi connectivity index (χ1) is 8.49. The van der Waals surface area contributed by atoms with Gasteiger partial charge in [-0.05, 0) is 19.4 Å². The average molecular weight is 244 g/mol. The van der Waals surface area contributed by atoms with E-state index in [1.165, 1.54) is 9.13 Å². The first-order valence-corrected chi connectivity index (χ1v) is 5.81. The van der Waals surface area contributed by atoms with Gasteiger partial charge in [0.05, 0.1) is 6.54 Å². The number of carbonyl (C=O) groups is 1. The summed E-state index contributed by atoms with van der Waals surface area (Å²) in [5.74, 6) is -0.0409. The van der Waals surface area contributed by atoms with Gasteiger partial charge in [-0.2, -0.15) is 0 Å². The second-order valence-corrected chi connectivity index (χ2v) is 4.56. The quantitative estimate of drug-likeness (QED) is 0.771. The van der Waals surface area contributed by atoms with E-state index in [4.69, 9.17) is 0 Å². The Morgan fingerprint density at radius 2 is 1.94 bits per heavy atom. The van der Waals surface area contributed by atoms with Crippen molar-refractivity contribution >= 4 is 5.78 Å². The molecule has 4 heteroatoms. The summed E-state index contributed by atoms with van der Waals surface area (Å²) in [6.07, 6.45) is 3.28. The van der Waals surface area contributed by atoms with E-state index in [0.29, 0.717) is 5.56 Å². The number of benzene rings is 1. The van der Waals surface area contributed by atoms with Crippen LogP contribution in [-0.2, 0) is 13.6 Å². The molecule has 0 saturated heterocycles. The predicted molar refractivity (Wildman–Crippen MR) is 69.9 cm³/mol. The number of ketones is 1. The van der Waals surface area contributed by atoms with Gasteiger partial charge in [0, 0.05) is 25.0 Å². The van der Waals surface area contributed by atoms with E-state index >= 15 is 0 Å². The summed E-state index contributed by atoms with van der Waals surface area (Å²) in [5.41, 5.74) is 2.58. The molecule has 0 aliphatic rings. The second-order valence-electron chi connectivity index (χ2n) is 4.56. The van der Waals surface area contributed by atoms with Gasteiger partial charge in [-0.25, -0.2) is 4.79 Å². The van der Waals surface area contributed by atoms with Gasteiger partial charge in [0.2, 0.25) is 0 Å². The van der Waals surface area contributed by atoms with E-state index in [2.05, 4.69) is 0 Å². The van der Waals surface area contributed by atoms with Gasteiger partial charge in [0.1, 0.15) is 0 Å². The number of carbonyl (C=O) groups excluding carboxylic acids is 1. The van der Waals surface area contributed by atoms with Gasteiger partial charge in [-0.1, -0.05) is 23.8 Å². The summed E-state index contributed by atoms with van der Waals surface area (Å²) < 4.78 is 2.87. The Hall–Kier alpha value is -2.10. The minimum absolute atomic E-state index is 0.0409. The lowest BCUT2D eigenvalue weighted by Crippen LogP contribution is -2.25. The smallest absolute Gasteiger partial charge is 0.302 e. The van der Waals surface area contributed by atoms with Crippen molar-refractivity contribution in [2.75, 3.05) is 0 Å². The third-order valence-electron chi connectivity index (χ3n) is 3.01. The van der Waals surface area contributed by atoms with Gasteiger partial charge in [0.15, 0.2) is 5.78 Å². The van der Waals surface area contributed by atoms with Crippen LogP contribution in [0.4, 0.5) is 0 Å². The number of imidazole rings is 1. The van der Waals surface area contributed by atoms with Gasteiger partial charge in [0.25, 0.3) is 0 Å². The first-order valence-electron chi connectivity index (χ1n) is 5.81. The minimum atomic E-state index is -0.173. The third-order valence-corrected chi connectivity index (χ3v) is 3.01. The van der Waals surface area contributed by atoms with Crippen molar-refractivity contribution in [3.63, 3.8) is 0 Å². The molecule has 0 aliphatic carbocycles. The molecule has 0 atom stereocenters. The summed E-state index contributed by atoms with van der Waals surface area (Å²) >= 11 is 0. The van der Waals surface area contributed by atoms with Crippen molar-refractivity contribution in [1.29, 1.82) is 0 Å². The Kier molecular flexibility index (Phi) is 3.19. The van der Waals surface area contributed by atoms with Gasteiger partial charge >= 0.3 is 5.69 Å². The largest absolute Gasteiger partial charge is 0.328 e. The zero-order valence-electron chi connectivity index (χ0n) is 10.8. The SMILES string of the molecule is Cc1ccc(C(=O)Cn2ccn(C)c2=O)c(C)c1. The molecule has 0 spiro atoms. The topological polar surface area (TPSA) is 44.0 Å². The van der Waals surface area contributed by atoms with Crippen LogP contribution in [0, 0.1) is 13.8 Å². The maximum atomic E-state index is 12.1. The molecule has 1 aromatic carbocycles. The summed E-state index contributed by atoms with van der Waals surface area (Å²) in [4.78, 5) is 23.8. The first kappa shape index (κ1) is 12.4. The van der Waals surface area contributed by atoms with Crippen LogP contribution >= 0.6 is 0 Å². The Labute approximate surface area is 105 Å². The Morgan fingerprint density at radius 3 is 2.50 bits per heavy atom. The number of aromatic nitrogens is 2. The van der Waals surface area contributed by atoms with Crippen LogP contribution in [0.1, 0.15) is 21.5 Å². The molecule has 0 unspecified atom stereocenters. The van der Waals surface area contributed by atoms with E-state index in [1.807, 2.05) is 32.0 Å². The van der Waals surface area contributed by atoms with Crippen molar-refractivity contribution in [1.82, 2.24) is 9.13 Å². The molecule has 0 bridgehead atoms. The average Bonchev–Trinajstić information content (AvgIpc) is 2.61. The highest BCUT2D eigenvalue weighted by atomic mass is 16.2. The molecule has 0 radical (unpaired) electrons. The van der Waals surface area contributed by atoms with Crippen LogP contribution in [0.3, 0.4) is 0 Å². The normalized spacial score (nSPS) is 10.6. The highest BCUT2D eigenvalue weighted by Gasteiger charge is 2.11. The lowest BCUT2D eigenvalue weighted by Gasteiger charge is -2.06. The number of aryl methyl sites for hydroxylation is 3. The number of hydrogen-bond acceptors (Lipinski definition) is 2.